The largest absolute Gasteiger partial charge is 0.375 e. The molecule has 2 aromatic rings. The molecule has 6 heteroatoms. The SMILES string of the molecule is O=C(CCOCC(F)F)c1c[nH]c2cc(F)ccc12. The lowest BCUT2D eigenvalue weighted by molar-refractivity contribution is 0.0170. The average Bonchev–Trinajstić information content (AvgIpc) is 2.77. The van der Waals surface area contributed by atoms with E-state index in [1.54, 1.807) is 0 Å². The maximum atomic E-state index is 13.0. The number of rotatable bonds is 6. The molecule has 102 valence electrons. The van der Waals surface area contributed by atoms with Crippen molar-refractivity contribution in [1.29, 1.82) is 0 Å². The Balaban J connectivity index is 2.01. The van der Waals surface area contributed by atoms with Gasteiger partial charge < -0.3 is 9.72 Å². The summed E-state index contributed by atoms with van der Waals surface area (Å²) in [5.74, 6) is -0.624. The van der Waals surface area contributed by atoms with E-state index in [0.717, 1.165) is 0 Å². The number of ether oxygens (including phenoxy) is 1. The predicted octanol–water partition coefficient (Wildman–Crippen LogP) is 3.16. The number of ketones is 1. The van der Waals surface area contributed by atoms with Gasteiger partial charge in [0.05, 0.1) is 6.61 Å². The summed E-state index contributed by atoms with van der Waals surface area (Å²) in [5, 5.41) is 0.611. The van der Waals surface area contributed by atoms with Gasteiger partial charge in [0.15, 0.2) is 5.78 Å². The lowest BCUT2D eigenvalue weighted by atomic mass is 10.1. The smallest absolute Gasteiger partial charge is 0.261 e. The van der Waals surface area contributed by atoms with E-state index >= 15 is 0 Å². The first-order valence-electron chi connectivity index (χ1n) is 5.73. The molecule has 1 aromatic heterocycles. The fourth-order valence-electron chi connectivity index (χ4n) is 1.80. The molecule has 0 aliphatic carbocycles. The summed E-state index contributed by atoms with van der Waals surface area (Å²) >= 11 is 0. The number of aromatic amines is 1. The molecular formula is C13H12F3NO2. The van der Waals surface area contributed by atoms with Crippen LogP contribution in [-0.4, -0.2) is 30.4 Å². The van der Waals surface area contributed by atoms with Crippen LogP contribution < -0.4 is 0 Å². The maximum absolute atomic E-state index is 13.0. The topological polar surface area (TPSA) is 42.1 Å². The summed E-state index contributed by atoms with van der Waals surface area (Å²) in [7, 11) is 0. The van der Waals surface area contributed by atoms with E-state index in [0.29, 0.717) is 16.5 Å². The number of H-pyrrole nitrogens is 1. The number of aromatic nitrogens is 1. The first-order valence-corrected chi connectivity index (χ1v) is 5.73. The van der Waals surface area contributed by atoms with E-state index in [-0.39, 0.29) is 18.8 Å². The van der Waals surface area contributed by atoms with Crippen LogP contribution in [0.2, 0.25) is 0 Å². The van der Waals surface area contributed by atoms with Crippen molar-refractivity contribution < 1.29 is 22.7 Å². The predicted molar refractivity (Wildman–Crippen MR) is 64.0 cm³/mol. The lowest BCUT2D eigenvalue weighted by Crippen LogP contribution is -2.09. The van der Waals surface area contributed by atoms with Crippen LogP contribution in [-0.2, 0) is 4.74 Å². The molecular weight excluding hydrogens is 259 g/mol. The fourth-order valence-corrected chi connectivity index (χ4v) is 1.80. The number of carbonyl (C=O) groups is 1. The molecule has 0 amide bonds. The van der Waals surface area contributed by atoms with Crippen LogP contribution in [0.15, 0.2) is 24.4 Å². The maximum Gasteiger partial charge on any atom is 0.261 e. The molecule has 0 spiro atoms. The van der Waals surface area contributed by atoms with Gasteiger partial charge in [0.2, 0.25) is 0 Å². The Morgan fingerprint density at radius 3 is 2.89 bits per heavy atom. The van der Waals surface area contributed by atoms with Gasteiger partial charge in [-0.05, 0) is 18.2 Å². The van der Waals surface area contributed by atoms with Crippen molar-refractivity contribution in [1.82, 2.24) is 4.98 Å². The van der Waals surface area contributed by atoms with Gasteiger partial charge in [-0.25, -0.2) is 13.2 Å². The molecule has 1 N–H and O–H groups in total. The number of hydrogen-bond donors (Lipinski definition) is 1. The summed E-state index contributed by atoms with van der Waals surface area (Å²) in [6.45, 7) is -0.733. The molecule has 0 atom stereocenters. The van der Waals surface area contributed by atoms with Crippen LogP contribution in [0.25, 0.3) is 10.9 Å². The van der Waals surface area contributed by atoms with Crippen LogP contribution in [0.5, 0.6) is 0 Å². The Kier molecular flexibility index (Phi) is 4.21. The average molecular weight is 271 g/mol. The van der Waals surface area contributed by atoms with Gasteiger partial charge in [0, 0.05) is 29.1 Å². The van der Waals surface area contributed by atoms with Gasteiger partial charge in [-0.1, -0.05) is 0 Å². The summed E-state index contributed by atoms with van der Waals surface area (Å²) < 4.78 is 41.3. The molecule has 2 rings (SSSR count). The molecule has 0 fully saturated rings. The van der Waals surface area contributed by atoms with E-state index in [1.807, 2.05) is 0 Å². The Labute approximate surface area is 107 Å². The molecule has 0 saturated carbocycles. The van der Waals surface area contributed by atoms with Crippen molar-refractivity contribution in [3.8, 4) is 0 Å². The summed E-state index contributed by atoms with van der Waals surface area (Å²) in [5.41, 5.74) is 0.937. The lowest BCUT2D eigenvalue weighted by Gasteiger charge is -2.02. The minimum absolute atomic E-state index is 0.0110. The zero-order valence-corrected chi connectivity index (χ0v) is 9.96. The summed E-state index contributed by atoms with van der Waals surface area (Å²) in [4.78, 5) is 14.7. The summed E-state index contributed by atoms with van der Waals surface area (Å²) in [6, 6.07) is 4.06. The number of fused-ring (bicyclic) bond motifs is 1. The van der Waals surface area contributed by atoms with Gasteiger partial charge in [-0.2, -0.15) is 0 Å². The Morgan fingerprint density at radius 1 is 1.37 bits per heavy atom. The second-order valence-corrected chi connectivity index (χ2v) is 4.03. The van der Waals surface area contributed by atoms with E-state index in [2.05, 4.69) is 9.72 Å². The van der Waals surface area contributed by atoms with Crippen LogP contribution in [0.3, 0.4) is 0 Å². The highest BCUT2D eigenvalue weighted by Crippen LogP contribution is 2.20. The molecule has 0 aliphatic heterocycles. The zero-order valence-electron chi connectivity index (χ0n) is 9.96. The van der Waals surface area contributed by atoms with Crippen molar-refractivity contribution in [3.05, 3.63) is 35.8 Å². The third kappa shape index (κ3) is 3.35. The van der Waals surface area contributed by atoms with E-state index in [4.69, 9.17) is 0 Å². The van der Waals surface area contributed by atoms with Gasteiger partial charge in [-0.15, -0.1) is 0 Å². The molecule has 0 aliphatic rings. The van der Waals surface area contributed by atoms with Crippen molar-refractivity contribution in [3.63, 3.8) is 0 Å². The van der Waals surface area contributed by atoms with E-state index in [9.17, 15) is 18.0 Å². The minimum Gasteiger partial charge on any atom is -0.375 e. The minimum atomic E-state index is -2.54. The van der Waals surface area contributed by atoms with Crippen LogP contribution in [0, 0.1) is 5.82 Å². The Hall–Kier alpha value is -1.82. The standard InChI is InChI=1S/C13H12F3NO2/c14-8-1-2-9-10(6-17-11(9)5-8)12(18)3-4-19-7-13(15)16/h1-2,5-6,13,17H,3-4,7H2. The number of carbonyl (C=O) groups excluding carboxylic acids is 1. The number of benzene rings is 1. The molecule has 1 heterocycles. The van der Waals surface area contributed by atoms with Gasteiger partial charge >= 0.3 is 0 Å². The van der Waals surface area contributed by atoms with Gasteiger partial charge in [-0.3, -0.25) is 4.79 Å². The molecule has 0 saturated heterocycles. The number of alkyl halides is 2. The normalized spacial score (nSPS) is 11.4. The molecule has 0 unspecified atom stereocenters. The highest BCUT2D eigenvalue weighted by Gasteiger charge is 2.12. The van der Waals surface area contributed by atoms with Crippen molar-refractivity contribution >= 4 is 16.7 Å². The molecule has 0 radical (unpaired) electrons. The van der Waals surface area contributed by atoms with Crippen LogP contribution >= 0.6 is 0 Å². The summed E-state index contributed by atoms with van der Waals surface area (Å²) in [6.07, 6.45) is -1.04. The first-order chi connectivity index (χ1) is 9.08. The fraction of sp³-hybridized carbons (Fsp3) is 0.308. The number of nitrogens with one attached hydrogen (secondary N) is 1. The quantitative estimate of drug-likeness (QED) is 0.647. The molecule has 3 nitrogen and oxygen atoms in total. The van der Waals surface area contributed by atoms with Crippen LogP contribution in [0.4, 0.5) is 13.2 Å². The van der Waals surface area contributed by atoms with Gasteiger partial charge in [0.25, 0.3) is 6.43 Å². The van der Waals surface area contributed by atoms with Crippen molar-refractivity contribution in [2.45, 2.75) is 12.8 Å². The number of Topliss-reactive ketones (excluding diaryl/α,β-unsaturated/α-hetero) is 1. The highest BCUT2D eigenvalue weighted by atomic mass is 19.3. The monoisotopic (exact) mass is 271 g/mol. The third-order valence-corrected chi connectivity index (χ3v) is 2.66. The highest BCUT2D eigenvalue weighted by molar-refractivity contribution is 6.07. The Morgan fingerprint density at radius 2 is 2.16 bits per heavy atom. The third-order valence-electron chi connectivity index (χ3n) is 2.66. The van der Waals surface area contributed by atoms with E-state index < -0.39 is 18.8 Å². The second kappa shape index (κ2) is 5.88. The van der Waals surface area contributed by atoms with Crippen LogP contribution in [0.1, 0.15) is 16.8 Å². The zero-order chi connectivity index (χ0) is 13.8. The molecule has 19 heavy (non-hydrogen) atoms. The Bertz CT molecular complexity index is 580. The second-order valence-electron chi connectivity index (χ2n) is 4.03. The van der Waals surface area contributed by atoms with Gasteiger partial charge in [0.1, 0.15) is 12.4 Å². The molecule has 1 aromatic carbocycles. The first kappa shape index (κ1) is 13.6. The van der Waals surface area contributed by atoms with Crippen molar-refractivity contribution in [2.75, 3.05) is 13.2 Å². The number of hydrogen-bond acceptors (Lipinski definition) is 2. The van der Waals surface area contributed by atoms with Crippen molar-refractivity contribution in [2.24, 2.45) is 0 Å². The molecule has 0 bridgehead atoms. The number of halogens is 3. The van der Waals surface area contributed by atoms with E-state index in [1.165, 1.54) is 24.4 Å².